The van der Waals surface area contributed by atoms with E-state index in [4.69, 9.17) is 5.11 Å². The largest absolute Gasteiger partial charge is 0.396 e. The summed E-state index contributed by atoms with van der Waals surface area (Å²) in [5.41, 5.74) is 0. The maximum atomic E-state index is 8.92. The quantitative estimate of drug-likeness (QED) is 0.645. The van der Waals surface area contributed by atoms with Crippen molar-refractivity contribution >= 4 is 0 Å². The van der Waals surface area contributed by atoms with E-state index in [0.29, 0.717) is 12.5 Å². The van der Waals surface area contributed by atoms with Crippen LogP contribution in [0.25, 0.3) is 0 Å². The standard InChI is InChI=1S/C12H26O/c1-5-6-10(2)7-11(3)8-12(4)9-13/h10-13H,5-9H2,1-4H3/t10-,11-,12-/m0/s1. The molecule has 0 aliphatic rings. The first-order valence-electron chi connectivity index (χ1n) is 5.70. The monoisotopic (exact) mass is 186 g/mol. The van der Waals surface area contributed by atoms with Crippen LogP contribution < -0.4 is 0 Å². The molecule has 0 amide bonds. The van der Waals surface area contributed by atoms with Crippen LogP contribution in [0.15, 0.2) is 0 Å². The molecule has 0 fully saturated rings. The van der Waals surface area contributed by atoms with Crippen molar-refractivity contribution in [3.05, 3.63) is 0 Å². The van der Waals surface area contributed by atoms with Gasteiger partial charge in [0.15, 0.2) is 0 Å². The Bertz CT molecular complexity index is 112. The molecule has 0 aliphatic heterocycles. The Morgan fingerprint density at radius 1 is 0.923 bits per heavy atom. The van der Waals surface area contributed by atoms with Gasteiger partial charge in [-0.3, -0.25) is 0 Å². The third kappa shape index (κ3) is 7.06. The van der Waals surface area contributed by atoms with Crippen molar-refractivity contribution in [3.8, 4) is 0 Å². The molecule has 13 heavy (non-hydrogen) atoms. The van der Waals surface area contributed by atoms with Crippen molar-refractivity contribution < 1.29 is 5.11 Å². The zero-order chi connectivity index (χ0) is 10.3. The van der Waals surface area contributed by atoms with Gasteiger partial charge in [-0.25, -0.2) is 0 Å². The third-order valence-electron chi connectivity index (χ3n) is 2.70. The minimum absolute atomic E-state index is 0.340. The lowest BCUT2D eigenvalue weighted by Crippen LogP contribution is -2.10. The fourth-order valence-electron chi connectivity index (χ4n) is 2.16. The van der Waals surface area contributed by atoms with Gasteiger partial charge in [0.05, 0.1) is 0 Å². The van der Waals surface area contributed by atoms with Crippen LogP contribution in [0.3, 0.4) is 0 Å². The predicted molar refractivity (Wildman–Crippen MR) is 58.7 cm³/mol. The molecule has 0 rings (SSSR count). The molecule has 1 nitrogen and oxygen atoms in total. The number of aliphatic hydroxyl groups is 1. The van der Waals surface area contributed by atoms with Gasteiger partial charge in [-0.15, -0.1) is 0 Å². The Morgan fingerprint density at radius 3 is 1.92 bits per heavy atom. The molecule has 1 N–H and O–H groups in total. The van der Waals surface area contributed by atoms with Crippen LogP contribution >= 0.6 is 0 Å². The van der Waals surface area contributed by atoms with E-state index in [-0.39, 0.29) is 0 Å². The first-order valence-corrected chi connectivity index (χ1v) is 5.70. The van der Waals surface area contributed by atoms with E-state index in [0.717, 1.165) is 11.8 Å². The average molecular weight is 186 g/mol. The number of hydrogen-bond donors (Lipinski definition) is 1. The topological polar surface area (TPSA) is 20.2 Å². The van der Waals surface area contributed by atoms with Crippen LogP contribution in [0, 0.1) is 17.8 Å². The zero-order valence-electron chi connectivity index (χ0n) is 9.71. The smallest absolute Gasteiger partial charge is 0.0456 e. The van der Waals surface area contributed by atoms with E-state index < -0.39 is 0 Å². The molecule has 0 aromatic carbocycles. The molecular formula is C12H26O. The van der Waals surface area contributed by atoms with Crippen molar-refractivity contribution in [3.63, 3.8) is 0 Å². The molecule has 0 aromatic rings. The first-order chi connectivity index (χ1) is 6.10. The van der Waals surface area contributed by atoms with Crippen LogP contribution in [0.2, 0.25) is 0 Å². The van der Waals surface area contributed by atoms with Crippen LogP contribution in [0.1, 0.15) is 53.4 Å². The fourth-order valence-corrected chi connectivity index (χ4v) is 2.16. The lowest BCUT2D eigenvalue weighted by atomic mass is 9.88. The molecule has 0 aromatic heterocycles. The molecule has 0 heterocycles. The Hall–Kier alpha value is -0.0400. The van der Waals surface area contributed by atoms with E-state index in [1.54, 1.807) is 0 Å². The normalized spacial score (nSPS) is 18.2. The van der Waals surface area contributed by atoms with Crippen LogP contribution in [-0.2, 0) is 0 Å². The summed E-state index contributed by atoms with van der Waals surface area (Å²) in [6.07, 6.45) is 5.13. The van der Waals surface area contributed by atoms with Crippen molar-refractivity contribution in [2.75, 3.05) is 6.61 Å². The Morgan fingerprint density at radius 2 is 1.46 bits per heavy atom. The predicted octanol–water partition coefficient (Wildman–Crippen LogP) is 3.47. The second-order valence-corrected chi connectivity index (χ2v) is 4.76. The number of aliphatic hydroxyl groups excluding tert-OH is 1. The lowest BCUT2D eigenvalue weighted by Gasteiger charge is -2.19. The molecule has 0 unspecified atom stereocenters. The highest BCUT2D eigenvalue weighted by Crippen LogP contribution is 2.21. The maximum Gasteiger partial charge on any atom is 0.0456 e. The molecule has 80 valence electrons. The second kappa shape index (κ2) is 7.37. The molecule has 3 atom stereocenters. The van der Waals surface area contributed by atoms with Gasteiger partial charge in [-0.1, -0.05) is 40.5 Å². The SMILES string of the molecule is CCC[C@H](C)C[C@H](C)C[C@H](C)CO. The summed E-state index contributed by atoms with van der Waals surface area (Å²) in [6.45, 7) is 9.35. The first kappa shape index (κ1) is 13.0. The van der Waals surface area contributed by atoms with Gasteiger partial charge in [0.1, 0.15) is 0 Å². The third-order valence-corrected chi connectivity index (χ3v) is 2.70. The summed E-state index contributed by atoms with van der Waals surface area (Å²) in [6, 6.07) is 0. The lowest BCUT2D eigenvalue weighted by molar-refractivity contribution is 0.207. The summed E-state index contributed by atoms with van der Waals surface area (Å²) in [4.78, 5) is 0. The van der Waals surface area contributed by atoms with E-state index in [2.05, 4.69) is 27.7 Å². The summed E-state index contributed by atoms with van der Waals surface area (Å²) in [5.74, 6) is 2.10. The zero-order valence-corrected chi connectivity index (χ0v) is 9.71. The minimum atomic E-state index is 0.340. The van der Waals surface area contributed by atoms with Gasteiger partial charge in [0, 0.05) is 6.61 Å². The highest BCUT2D eigenvalue weighted by Gasteiger charge is 2.11. The van der Waals surface area contributed by atoms with Gasteiger partial charge in [0.2, 0.25) is 0 Å². The van der Waals surface area contributed by atoms with Crippen LogP contribution in [0.5, 0.6) is 0 Å². The van der Waals surface area contributed by atoms with Crippen molar-refractivity contribution in [1.82, 2.24) is 0 Å². The van der Waals surface area contributed by atoms with Gasteiger partial charge in [0.25, 0.3) is 0 Å². The number of rotatable bonds is 7. The molecule has 0 bridgehead atoms. The average Bonchev–Trinajstić information content (AvgIpc) is 2.04. The minimum Gasteiger partial charge on any atom is -0.396 e. The summed E-state index contributed by atoms with van der Waals surface area (Å²) in [5, 5.41) is 8.92. The van der Waals surface area contributed by atoms with E-state index >= 15 is 0 Å². The molecule has 0 spiro atoms. The molecule has 0 saturated carbocycles. The van der Waals surface area contributed by atoms with Gasteiger partial charge in [-0.2, -0.15) is 0 Å². The molecule has 0 saturated heterocycles. The number of hydrogen-bond acceptors (Lipinski definition) is 1. The Balaban J connectivity index is 3.54. The van der Waals surface area contributed by atoms with Crippen molar-refractivity contribution in [2.24, 2.45) is 17.8 Å². The van der Waals surface area contributed by atoms with Gasteiger partial charge >= 0.3 is 0 Å². The Labute approximate surface area is 83.5 Å². The van der Waals surface area contributed by atoms with E-state index in [9.17, 15) is 0 Å². The summed E-state index contributed by atoms with van der Waals surface area (Å²) < 4.78 is 0. The van der Waals surface area contributed by atoms with Crippen LogP contribution in [-0.4, -0.2) is 11.7 Å². The van der Waals surface area contributed by atoms with Crippen molar-refractivity contribution in [2.45, 2.75) is 53.4 Å². The summed E-state index contributed by atoms with van der Waals surface area (Å²) in [7, 11) is 0. The fraction of sp³-hybridized carbons (Fsp3) is 1.00. The maximum absolute atomic E-state index is 8.92. The van der Waals surface area contributed by atoms with Crippen molar-refractivity contribution in [1.29, 1.82) is 0 Å². The van der Waals surface area contributed by atoms with E-state index in [1.165, 1.54) is 25.7 Å². The van der Waals surface area contributed by atoms with Gasteiger partial charge in [-0.05, 0) is 30.6 Å². The Kier molecular flexibility index (Phi) is 7.35. The highest BCUT2D eigenvalue weighted by molar-refractivity contribution is 4.62. The molecule has 0 radical (unpaired) electrons. The summed E-state index contributed by atoms with van der Waals surface area (Å²) >= 11 is 0. The molecular weight excluding hydrogens is 160 g/mol. The van der Waals surface area contributed by atoms with Gasteiger partial charge < -0.3 is 5.11 Å². The molecule has 1 heteroatoms. The second-order valence-electron chi connectivity index (χ2n) is 4.76. The van der Waals surface area contributed by atoms with E-state index in [1.807, 2.05) is 0 Å². The molecule has 0 aliphatic carbocycles. The van der Waals surface area contributed by atoms with Crippen LogP contribution in [0.4, 0.5) is 0 Å². The highest BCUT2D eigenvalue weighted by atomic mass is 16.3.